The molecule has 0 spiro atoms. The Balaban J connectivity index is 1.35. The fourth-order valence-electron chi connectivity index (χ4n) is 4.46. The van der Waals surface area contributed by atoms with Gasteiger partial charge in [0.1, 0.15) is 5.70 Å². The molecule has 7 heteroatoms. The van der Waals surface area contributed by atoms with Crippen molar-refractivity contribution in [3.63, 3.8) is 0 Å². The zero-order valence-electron chi connectivity index (χ0n) is 23.8. The molecule has 5 rings (SSSR count). The molecule has 0 saturated carbocycles. The lowest BCUT2D eigenvalue weighted by molar-refractivity contribution is -0.115. The van der Waals surface area contributed by atoms with Crippen LogP contribution in [0.1, 0.15) is 28.4 Å². The Morgan fingerprint density at radius 1 is 0.721 bits per heavy atom. The number of carbonyl (C=O) groups is 3. The van der Waals surface area contributed by atoms with E-state index in [-0.39, 0.29) is 22.8 Å². The number of benzene rings is 5. The fourth-order valence-corrected chi connectivity index (χ4v) is 5.38. The molecule has 0 aliphatic carbocycles. The predicted molar refractivity (Wildman–Crippen MR) is 176 cm³/mol. The Labute approximate surface area is 255 Å². The molecule has 43 heavy (non-hydrogen) atoms. The highest BCUT2D eigenvalue weighted by Gasteiger charge is 2.18. The van der Waals surface area contributed by atoms with Gasteiger partial charge in [-0.3, -0.25) is 14.4 Å². The Morgan fingerprint density at radius 3 is 2.21 bits per heavy atom. The number of nitrogens with one attached hydrogen (secondary N) is 3. The minimum atomic E-state index is -0.468. The van der Waals surface area contributed by atoms with Crippen molar-refractivity contribution in [3.8, 4) is 0 Å². The number of thioether (sulfide) groups is 1. The van der Waals surface area contributed by atoms with Gasteiger partial charge in [0, 0.05) is 21.8 Å². The van der Waals surface area contributed by atoms with Gasteiger partial charge in [0.25, 0.3) is 11.8 Å². The van der Waals surface area contributed by atoms with Crippen LogP contribution < -0.4 is 16.0 Å². The number of carbonyl (C=O) groups excluding carboxylic acids is 3. The van der Waals surface area contributed by atoms with Crippen LogP contribution in [0.3, 0.4) is 0 Å². The maximum absolute atomic E-state index is 13.6. The molecule has 0 aromatic heterocycles. The molecule has 1 unspecified atom stereocenters. The second kappa shape index (κ2) is 13.7. The van der Waals surface area contributed by atoms with Crippen molar-refractivity contribution in [1.82, 2.24) is 5.32 Å². The molecule has 214 valence electrons. The number of amides is 3. The third kappa shape index (κ3) is 7.78. The van der Waals surface area contributed by atoms with Gasteiger partial charge >= 0.3 is 0 Å². The average molecular weight is 586 g/mol. The Hall–Kier alpha value is -5.14. The summed E-state index contributed by atoms with van der Waals surface area (Å²) in [6, 6.07) is 37.4. The normalized spacial score (nSPS) is 11.9. The van der Waals surface area contributed by atoms with E-state index in [2.05, 4.69) is 16.0 Å². The molecule has 0 radical (unpaired) electrons. The summed E-state index contributed by atoms with van der Waals surface area (Å²) in [6.07, 6.45) is 1.69. The molecule has 5 aromatic carbocycles. The molecule has 6 nitrogen and oxygen atoms in total. The Kier molecular flexibility index (Phi) is 9.34. The van der Waals surface area contributed by atoms with Crippen molar-refractivity contribution in [1.29, 1.82) is 0 Å². The molecule has 1 atom stereocenters. The second-order valence-corrected chi connectivity index (χ2v) is 11.5. The van der Waals surface area contributed by atoms with Gasteiger partial charge in [-0.25, -0.2) is 0 Å². The lowest BCUT2D eigenvalue weighted by Crippen LogP contribution is -2.30. The minimum Gasteiger partial charge on any atom is -0.325 e. The number of anilines is 2. The number of fused-ring (bicyclic) bond motifs is 1. The zero-order valence-corrected chi connectivity index (χ0v) is 24.7. The molecule has 0 bridgehead atoms. The van der Waals surface area contributed by atoms with Gasteiger partial charge in [-0.05, 0) is 78.7 Å². The summed E-state index contributed by atoms with van der Waals surface area (Å²) in [5.41, 5.74) is 3.75. The van der Waals surface area contributed by atoms with Gasteiger partial charge in [-0.15, -0.1) is 11.8 Å². The summed E-state index contributed by atoms with van der Waals surface area (Å²) in [7, 11) is 0. The average Bonchev–Trinajstić information content (AvgIpc) is 3.02. The van der Waals surface area contributed by atoms with Gasteiger partial charge in [0.05, 0.1) is 5.25 Å². The van der Waals surface area contributed by atoms with Crippen LogP contribution in [0.25, 0.3) is 16.8 Å². The fraction of sp³-hybridized carbons (Fsp3) is 0.0833. The molecule has 0 saturated heterocycles. The summed E-state index contributed by atoms with van der Waals surface area (Å²) in [5, 5.41) is 10.3. The minimum absolute atomic E-state index is 0.106. The van der Waals surface area contributed by atoms with E-state index >= 15 is 0 Å². The van der Waals surface area contributed by atoms with Crippen LogP contribution in [0, 0.1) is 6.92 Å². The molecule has 5 aromatic rings. The van der Waals surface area contributed by atoms with Crippen molar-refractivity contribution in [2.75, 3.05) is 10.6 Å². The Morgan fingerprint density at radius 2 is 1.42 bits per heavy atom. The first kappa shape index (κ1) is 29.4. The zero-order chi connectivity index (χ0) is 30.2. The first-order valence-electron chi connectivity index (χ1n) is 13.9. The quantitative estimate of drug-likeness (QED) is 0.122. The third-order valence-electron chi connectivity index (χ3n) is 6.75. The monoisotopic (exact) mass is 585 g/mol. The van der Waals surface area contributed by atoms with Crippen LogP contribution in [0.2, 0.25) is 0 Å². The molecule has 0 heterocycles. The maximum Gasteiger partial charge on any atom is 0.272 e. The van der Waals surface area contributed by atoms with E-state index in [4.69, 9.17) is 0 Å². The van der Waals surface area contributed by atoms with Crippen molar-refractivity contribution < 1.29 is 14.4 Å². The molecular weight excluding hydrogens is 554 g/mol. The summed E-state index contributed by atoms with van der Waals surface area (Å²) in [6.45, 7) is 3.83. The van der Waals surface area contributed by atoms with Gasteiger partial charge in [-0.1, -0.05) is 84.4 Å². The maximum atomic E-state index is 13.6. The van der Waals surface area contributed by atoms with Crippen LogP contribution in [0.4, 0.5) is 11.4 Å². The standard InChI is InChI=1S/C36H31N3O3S/c1-24-18-20-29(21-19-24)37-34(40)25(2)43-31-16-9-15-30(23-31)38-36(42)33(39-35(41)27-11-4-3-5-12-27)22-28-14-8-13-26-10-6-7-17-32(26)28/h3-23,25H,1-2H3,(H,37,40)(H,38,42)(H,39,41)/b33-22+. The van der Waals surface area contributed by atoms with Gasteiger partial charge in [-0.2, -0.15) is 0 Å². The summed E-state index contributed by atoms with van der Waals surface area (Å²) in [4.78, 5) is 40.3. The van der Waals surface area contributed by atoms with E-state index in [0.29, 0.717) is 11.3 Å². The number of aryl methyl sites for hydroxylation is 1. The lowest BCUT2D eigenvalue weighted by atomic mass is 10.0. The first-order valence-corrected chi connectivity index (χ1v) is 14.8. The van der Waals surface area contributed by atoms with Gasteiger partial charge < -0.3 is 16.0 Å². The molecule has 3 N–H and O–H groups in total. The predicted octanol–water partition coefficient (Wildman–Crippen LogP) is 7.68. The third-order valence-corrected chi connectivity index (χ3v) is 7.84. The van der Waals surface area contributed by atoms with E-state index in [1.54, 1.807) is 36.4 Å². The van der Waals surface area contributed by atoms with Gasteiger partial charge in [0.2, 0.25) is 5.91 Å². The lowest BCUT2D eigenvalue weighted by Gasteiger charge is -2.14. The highest BCUT2D eigenvalue weighted by atomic mass is 32.2. The summed E-state index contributed by atoms with van der Waals surface area (Å²) >= 11 is 1.39. The molecule has 0 aliphatic rings. The highest BCUT2D eigenvalue weighted by Crippen LogP contribution is 2.27. The molecular formula is C36H31N3O3S. The van der Waals surface area contributed by atoms with Gasteiger partial charge in [0.15, 0.2) is 0 Å². The second-order valence-electron chi connectivity index (χ2n) is 10.0. The van der Waals surface area contributed by atoms with E-state index < -0.39 is 5.91 Å². The summed E-state index contributed by atoms with van der Waals surface area (Å²) in [5.74, 6) is -0.975. The van der Waals surface area contributed by atoms with Crippen LogP contribution in [-0.2, 0) is 9.59 Å². The summed E-state index contributed by atoms with van der Waals surface area (Å²) < 4.78 is 0. The first-order chi connectivity index (χ1) is 20.9. The van der Waals surface area contributed by atoms with E-state index in [1.165, 1.54) is 11.8 Å². The molecule has 3 amide bonds. The number of hydrogen-bond donors (Lipinski definition) is 3. The number of hydrogen-bond acceptors (Lipinski definition) is 4. The SMILES string of the molecule is Cc1ccc(NC(=O)C(C)Sc2cccc(NC(=O)/C(=C\c3cccc4ccccc34)NC(=O)c3ccccc3)c2)cc1. The van der Waals surface area contributed by atoms with Crippen molar-refractivity contribution >= 4 is 57.7 Å². The smallest absolute Gasteiger partial charge is 0.272 e. The van der Waals surface area contributed by atoms with Crippen LogP contribution in [0.5, 0.6) is 0 Å². The van der Waals surface area contributed by atoms with Crippen molar-refractivity contribution in [2.24, 2.45) is 0 Å². The molecule has 0 aliphatic heterocycles. The Bertz CT molecular complexity index is 1800. The largest absolute Gasteiger partial charge is 0.325 e. The topological polar surface area (TPSA) is 87.3 Å². The van der Waals surface area contributed by atoms with E-state index in [1.807, 2.05) is 105 Å². The molecule has 0 fully saturated rings. The van der Waals surface area contributed by atoms with E-state index in [0.717, 1.165) is 32.5 Å². The van der Waals surface area contributed by atoms with Crippen LogP contribution in [-0.4, -0.2) is 23.0 Å². The number of rotatable bonds is 9. The van der Waals surface area contributed by atoms with Crippen molar-refractivity contribution in [2.45, 2.75) is 24.0 Å². The van der Waals surface area contributed by atoms with Crippen molar-refractivity contribution in [3.05, 3.63) is 144 Å². The van der Waals surface area contributed by atoms with Crippen LogP contribution in [0.15, 0.2) is 132 Å². The van der Waals surface area contributed by atoms with E-state index in [9.17, 15) is 14.4 Å². The highest BCUT2D eigenvalue weighted by molar-refractivity contribution is 8.00. The van der Waals surface area contributed by atoms with Crippen LogP contribution >= 0.6 is 11.8 Å².